The number of nitrogens with zero attached hydrogens (tertiary/aromatic N) is 2. The Kier molecular flexibility index (Phi) is 5.88. The average molecular weight is 434 g/mol. The van der Waals surface area contributed by atoms with Gasteiger partial charge in [0, 0.05) is 12.1 Å². The lowest BCUT2D eigenvalue weighted by Gasteiger charge is -2.30. The fraction of sp³-hybridized carbons (Fsp3) is 0.333. The maximum atomic E-state index is 12.5. The van der Waals surface area contributed by atoms with Crippen molar-refractivity contribution in [2.24, 2.45) is 5.92 Å². The number of anilines is 1. The molecule has 0 bridgehead atoms. The number of hydrogen-bond acceptors (Lipinski definition) is 4. The van der Waals surface area contributed by atoms with Crippen LogP contribution in [0.1, 0.15) is 35.7 Å². The van der Waals surface area contributed by atoms with Crippen molar-refractivity contribution in [2.75, 3.05) is 18.4 Å². The number of carbonyl (C=O) groups is 1. The number of fused-ring (bicyclic) bond motifs is 1. The van der Waals surface area contributed by atoms with E-state index in [2.05, 4.69) is 34.3 Å². The predicted molar refractivity (Wildman–Crippen MR) is 118 cm³/mol. The minimum atomic E-state index is -0.250. The topological polar surface area (TPSA) is 45.2 Å². The Morgan fingerprint density at radius 3 is 2.71 bits per heavy atom. The zero-order chi connectivity index (χ0) is 19.7. The van der Waals surface area contributed by atoms with E-state index < -0.39 is 0 Å². The third-order valence-electron chi connectivity index (χ3n) is 5.14. The van der Waals surface area contributed by atoms with Gasteiger partial charge >= 0.3 is 0 Å². The summed E-state index contributed by atoms with van der Waals surface area (Å²) in [4.78, 5) is 19.5. The summed E-state index contributed by atoms with van der Waals surface area (Å²) in [5.41, 5.74) is 2.63. The number of amides is 1. The van der Waals surface area contributed by atoms with Crippen LogP contribution in [0.3, 0.4) is 0 Å². The van der Waals surface area contributed by atoms with E-state index in [-0.39, 0.29) is 5.91 Å². The number of halogens is 2. The molecule has 2 heterocycles. The zero-order valence-corrected chi connectivity index (χ0v) is 17.9. The standard InChI is InChI=1S/C21H21Cl2N3OS/c1-13-6-8-26(9-7-13)12-14-2-5-18-19(10-14)28-21(24-18)25-20(27)15-3-4-16(22)17(23)11-15/h2-5,10-11,13H,6-9,12H2,1H3,(H,24,25,27). The second-order valence-electron chi connectivity index (χ2n) is 7.36. The summed E-state index contributed by atoms with van der Waals surface area (Å²) in [5, 5.41) is 4.22. The maximum Gasteiger partial charge on any atom is 0.257 e. The molecule has 3 aromatic rings. The summed E-state index contributed by atoms with van der Waals surface area (Å²) in [6, 6.07) is 11.2. The fourth-order valence-corrected chi connectivity index (χ4v) is 4.63. The van der Waals surface area contributed by atoms with Crippen LogP contribution in [0.2, 0.25) is 10.0 Å². The SMILES string of the molecule is CC1CCN(Cc2ccc3nc(NC(=O)c4ccc(Cl)c(Cl)c4)sc3c2)CC1. The highest BCUT2D eigenvalue weighted by Crippen LogP contribution is 2.29. The molecule has 1 aliphatic heterocycles. The number of nitrogens with one attached hydrogen (secondary N) is 1. The molecule has 1 amide bonds. The number of aromatic nitrogens is 1. The molecule has 0 aliphatic carbocycles. The van der Waals surface area contributed by atoms with Crippen molar-refractivity contribution in [3.05, 3.63) is 57.6 Å². The molecule has 4 rings (SSSR count). The first-order chi connectivity index (χ1) is 13.5. The molecular weight excluding hydrogens is 413 g/mol. The van der Waals surface area contributed by atoms with E-state index >= 15 is 0 Å². The van der Waals surface area contributed by atoms with Gasteiger partial charge in [0.25, 0.3) is 5.91 Å². The quantitative estimate of drug-likeness (QED) is 0.541. The first-order valence-electron chi connectivity index (χ1n) is 9.36. The summed E-state index contributed by atoms with van der Waals surface area (Å²) in [7, 11) is 0. The lowest BCUT2D eigenvalue weighted by atomic mass is 9.99. The second-order valence-corrected chi connectivity index (χ2v) is 9.21. The monoisotopic (exact) mass is 433 g/mol. The third-order valence-corrected chi connectivity index (χ3v) is 6.81. The zero-order valence-electron chi connectivity index (χ0n) is 15.5. The Balaban J connectivity index is 1.46. The van der Waals surface area contributed by atoms with Gasteiger partial charge in [0.1, 0.15) is 0 Å². The van der Waals surface area contributed by atoms with Crippen molar-refractivity contribution in [3.8, 4) is 0 Å². The van der Waals surface area contributed by atoms with Crippen LogP contribution in [0.15, 0.2) is 36.4 Å². The number of likely N-dealkylation sites (tertiary alicyclic amines) is 1. The molecule has 4 nitrogen and oxygen atoms in total. The van der Waals surface area contributed by atoms with Gasteiger partial charge in [0.15, 0.2) is 5.13 Å². The van der Waals surface area contributed by atoms with E-state index in [1.54, 1.807) is 18.2 Å². The molecule has 0 unspecified atom stereocenters. The highest BCUT2D eigenvalue weighted by Gasteiger charge is 2.16. The lowest BCUT2D eigenvalue weighted by Crippen LogP contribution is -2.32. The van der Waals surface area contributed by atoms with Crippen molar-refractivity contribution >= 4 is 55.8 Å². The Morgan fingerprint density at radius 2 is 1.96 bits per heavy atom. The van der Waals surface area contributed by atoms with Crippen LogP contribution in [0, 0.1) is 5.92 Å². The van der Waals surface area contributed by atoms with Crippen molar-refractivity contribution < 1.29 is 4.79 Å². The molecule has 0 saturated carbocycles. The first kappa shape index (κ1) is 19.6. The highest BCUT2D eigenvalue weighted by molar-refractivity contribution is 7.22. The minimum Gasteiger partial charge on any atom is -0.299 e. The van der Waals surface area contributed by atoms with Crippen molar-refractivity contribution in [1.82, 2.24) is 9.88 Å². The predicted octanol–water partition coefficient (Wildman–Crippen LogP) is 6.09. The Hall–Kier alpha value is -1.66. The molecule has 0 atom stereocenters. The summed E-state index contributed by atoms with van der Waals surface area (Å²) in [6.07, 6.45) is 2.54. The van der Waals surface area contributed by atoms with E-state index in [9.17, 15) is 4.79 Å². The van der Waals surface area contributed by atoms with E-state index in [1.165, 1.54) is 29.7 Å². The van der Waals surface area contributed by atoms with Gasteiger partial charge in [-0.15, -0.1) is 0 Å². The summed E-state index contributed by atoms with van der Waals surface area (Å²) < 4.78 is 1.08. The van der Waals surface area contributed by atoms with E-state index in [0.717, 1.165) is 35.8 Å². The van der Waals surface area contributed by atoms with Gasteiger partial charge in [0.05, 0.1) is 20.3 Å². The van der Waals surface area contributed by atoms with Crippen LogP contribution in [0.4, 0.5) is 5.13 Å². The van der Waals surface area contributed by atoms with Crippen LogP contribution in [0.5, 0.6) is 0 Å². The molecule has 1 fully saturated rings. The molecule has 0 radical (unpaired) electrons. The van der Waals surface area contributed by atoms with Crippen LogP contribution < -0.4 is 5.32 Å². The Bertz CT molecular complexity index is 1010. The second kappa shape index (κ2) is 8.37. The van der Waals surface area contributed by atoms with E-state index in [1.807, 2.05) is 6.07 Å². The van der Waals surface area contributed by atoms with Gasteiger partial charge in [-0.1, -0.05) is 47.5 Å². The van der Waals surface area contributed by atoms with Crippen LogP contribution >= 0.6 is 34.5 Å². The van der Waals surface area contributed by atoms with Gasteiger partial charge in [-0.2, -0.15) is 0 Å². The summed E-state index contributed by atoms with van der Waals surface area (Å²) >= 11 is 13.4. The van der Waals surface area contributed by atoms with E-state index in [0.29, 0.717) is 20.7 Å². The summed E-state index contributed by atoms with van der Waals surface area (Å²) in [5.74, 6) is 0.585. The number of carbonyl (C=O) groups excluding carboxylic acids is 1. The molecule has 146 valence electrons. The van der Waals surface area contributed by atoms with Crippen LogP contribution in [-0.4, -0.2) is 28.9 Å². The van der Waals surface area contributed by atoms with Gasteiger partial charge < -0.3 is 0 Å². The number of rotatable bonds is 4. The smallest absolute Gasteiger partial charge is 0.257 e. The van der Waals surface area contributed by atoms with Crippen LogP contribution in [0.25, 0.3) is 10.2 Å². The largest absolute Gasteiger partial charge is 0.299 e. The molecule has 0 spiro atoms. The molecular formula is C21H21Cl2N3OS. The van der Waals surface area contributed by atoms with Gasteiger partial charge in [-0.3, -0.25) is 15.0 Å². The molecule has 1 N–H and O–H groups in total. The van der Waals surface area contributed by atoms with Gasteiger partial charge in [0.2, 0.25) is 0 Å². The maximum absolute atomic E-state index is 12.5. The molecule has 1 aromatic heterocycles. The number of thiazole rings is 1. The number of benzene rings is 2. The Morgan fingerprint density at radius 1 is 1.18 bits per heavy atom. The third kappa shape index (κ3) is 4.49. The van der Waals surface area contributed by atoms with Crippen molar-refractivity contribution in [2.45, 2.75) is 26.3 Å². The highest BCUT2D eigenvalue weighted by atomic mass is 35.5. The average Bonchev–Trinajstić information content (AvgIpc) is 3.07. The molecule has 1 saturated heterocycles. The van der Waals surface area contributed by atoms with Crippen LogP contribution in [-0.2, 0) is 6.54 Å². The van der Waals surface area contributed by atoms with Gasteiger partial charge in [-0.05, 0) is 67.7 Å². The van der Waals surface area contributed by atoms with Crippen molar-refractivity contribution in [1.29, 1.82) is 0 Å². The summed E-state index contributed by atoms with van der Waals surface area (Å²) in [6.45, 7) is 5.61. The molecule has 1 aliphatic rings. The lowest BCUT2D eigenvalue weighted by molar-refractivity contribution is 0.102. The fourth-order valence-electron chi connectivity index (χ4n) is 3.41. The number of piperidine rings is 1. The van der Waals surface area contributed by atoms with Crippen molar-refractivity contribution in [3.63, 3.8) is 0 Å². The number of hydrogen-bond donors (Lipinski definition) is 1. The molecule has 2 aromatic carbocycles. The molecule has 28 heavy (non-hydrogen) atoms. The normalized spacial score (nSPS) is 15.8. The molecule has 7 heteroatoms. The Labute approximate surface area is 178 Å². The minimum absolute atomic E-state index is 0.250. The van der Waals surface area contributed by atoms with Gasteiger partial charge in [-0.25, -0.2) is 4.98 Å². The first-order valence-corrected chi connectivity index (χ1v) is 10.9. The van der Waals surface area contributed by atoms with E-state index in [4.69, 9.17) is 23.2 Å².